The lowest BCUT2D eigenvalue weighted by molar-refractivity contribution is 0.0571. The maximum atomic E-state index is 13.4. The zero-order chi connectivity index (χ0) is 55.4. The summed E-state index contributed by atoms with van der Waals surface area (Å²) >= 11 is 0. The number of aromatic nitrogens is 8. The second-order valence-corrected chi connectivity index (χ2v) is 23.0. The second kappa shape index (κ2) is 21.7. The minimum Gasteiger partial charge on any atom is -0.382 e. The summed E-state index contributed by atoms with van der Waals surface area (Å²) in [6, 6.07) is 50.3. The normalized spacial score (nSPS) is 19.8. The van der Waals surface area contributed by atoms with Gasteiger partial charge < -0.3 is 26.2 Å². The molecule has 2 aliphatic heterocycles. The third-order valence-corrected chi connectivity index (χ3v) is 18.1. The molecule has 15 heteroatoms. The molecule has 4 aliphatic rings. The minimum absolute atomic E-state index is 0.190. The number of fused-ring (bicyclic) bond motifs is 4. The molecular formula is C67H67FN14. The van der Waals surface area contributed by atoms with Gasteiger partial charge in [-0.25, -0.2) is 34.3 Å². The Morgan fingerprint density at radius 2 is 1.00 bits per heavy atom. The Morgan fingerprint density at radius 1 is 0.512 bits per heavy atom. The predicted molar refractivity (Wildman–Crippen MR) is 327 cm³/mol. The lowest BCUT2D eigenvalue weighted by Gasteiger charge is -2.46. The molecule has 412 valence electrons. The Kier molecular flexibility index (Phi) is 13.6. The number of nitrogens with two attached hydrogens (primary N) is 2. The highest BCUT2D eigenvalue weighted by molar-refractivity contribution is 5.93. The van der Waals surface area contributed by atoms with Crippen LogP contribution in [-0.4, -0.2) is 125 Å². The first-order chi connectivity index (χ1) is 40.1. The van der Waals surface area contributed by atoms with Crippen molar-refractivity contribution in [1.82, 2.24) is 53.4 Å². The molecule has 4 N–H and O–H groups in total. The van der Waals surface area contributed by atoms with E-state index in [9.17, 15) is 4.39 Å². The minimum atomic E-state index is -0.190. The van der Waals surface area contributed by atoms with Crippen molar-refractivity contribution >= 4 is 50.2 Å². The first-order valence-corrected chi connectivity index (χ1v) is 29.0. The van der Waals surface area contributed by atoms with Gasteiger partial charge in [-0.2, -0.15) is 0 Å². The number of halogens is 1. The molecule has 14 nitrogen and oxygen atoms in total. The van der Waals surface area contributed by atoms with Crippen LogP contribution in [0.4, 0.5) is 21.7 Å². The van der Waals surface area contributed by atoms with E-state index in [0.29, 0.717) is 41.6 Å². The van der Waals surface area contributed by atoms with Gasteiger partial charge in [-0.1, -0.05) is 97.1 Å². The Bertz CT molecular complexity index is 4080. The average molecular weight is 1090 g/mol. The predicted octanol–water partition coefficient (Wildman–Crippen LogP) is 11.9. The number of piperazine rings is 1. The van der Waals surface area contributed by atoms with Crippen LogP contribution in [-0.2, 0) is 0 Å². The fourth-order valence-corrected chi connectivity index (χ4v) is 13.1. The smallest absolute Gasteiger partial charge is 0.150 e. The highest BCUT2D eigenvalue weighted by Gasteiger charge is 2.40. The van der Waals surface area contributed by atoms with Gasteiger partial charge in [-0.15, -0.1) is 0 Å². The van der Waals surface area contributed by atoms with Gasteiger partial charge in [0.2, 0.25) is 0 Å². The van der Waals surface area contributed by atoms with Crippen LogP contribution < -0.4 is 16.4 Å². The van der Waals surface area contributed by atoms with E-state index in [1.54, 1.807) is 24.5 Å². The molecule has 11 aromatic rings. The molecule has 4 fully saturated rings. The number of anilines is 3. The number of hydrogen-bond acceptors (Lipinski definition) is 12. The lowest BCUT2D eigenvalue weighted by Crippen LogP contribution is -2.53. The summed E-state index contributed by atoms with van der Waals surface area (Å²) in [6.07, 6.45) is 14.4. The van der Waals surface area contributed by atoms with Crippen LogP contribution in [0.15, 0.2) is 170 Å². The number of benzene rings is 5. The van der Waals surface area contributed by atoms with Crippen LogP contribution in [0, 0.1) is 5.82 Å². The van der Waals surface area contributed by atoms with Crippen LogP contribution in [0.2, 0.25) is 0 Å². The van der Waals surface area contributed by atoms with Crippen LogP contribution in [0.25, 0.3) is 77.9 Å². The summed E-state index contributed by atoms with van der Waals surface area (Å²) in [7, 11) is 4.55. The standard InChI is InChI=1S/C35H32FN7.C32H35N7/c36-27-9-11-28(12-10-27)41-16-18-42(19-17-41)29-20-26(21-29)35-40-32(33-34(37)38-14-15-43(33)35)25-7-6-24-8-13-30(39-31(24)22-25)23-4-2-1-3-5-23;1-37-15-12-25(13-16-37)38(2)26-18-24(19-26)32-36-29(30-31(33)34-14-17-39(30)32)23-9-8-22-10-11-27(35-28(22)20-23)21-6-4-3-5-7-21/h1-15,22,26,29H,16-21H2,(H2,37,38);3-11,14,17,20,24-26H,12-13,15-16,18-19H2,1-2H3,(H2,33,34). The van der Waals surface area contributed by atoms with Crippen molar-refractivity contribution in [1.29, 1.82) is 0 Å². The van der Waals surface area contributed by atoms with Crippen molar-refractivity contribution < 1.29 is 4.39 Å². The molecule has 82 heavy (non-hydrogen) atoms. The molecule has 0 spiro atoms. The zero-order valence-electron chi connectivity index (χ0n) is 46.4. The molecule has 0 unspecified atom stereocenters. The highest BCUT2D eigenvalue weighted by atomic mass is 19.1. The number of rotatable bonds is 10. The largest absolute Gasteiger partial charge is 0.382 e. The van der Waals surface area contributed by atoms with Crippen molar-refractivity contribution in [3.8, 4) is 45.0 Å². The van der Waals surface area contributed by atoms with Crippen LogP contribution >= 0.6 is 0 Å². The van der Waals surface area contributed by atoms with Gasteiger partial charge in [0.15, 0.2) is 0 Å². The van der Waals surface area contributed by atoms with Gasteiger partial charge in [-0.05, 0) is 114 Å². The summed E-state index contributed by atoms with van der Waals surface area (Å²) in [5.74, 6) is 3.71. The lowest BCUT2D eigenvalue weighted by atomic mass is 9.78. The van der Waals surface area contributed by atoms with Gasteiger partial charge in [0, 0.05) is 120 Å². The third-order valence-electron chi connectivity index (χ3n) is 18.1. The summed E-state index contributed by atoms with van der Waals surface area (Å²) in [4.78, 5) is 39.3. The number of imidazole rings is 2. The summed E-state index contributed by atoms with van der Waals surface area (Å²) in [6.45, 7) is 6.31. The first-order valence-electron chi connectivity index (χ1n) is 29.0. The van der Waals surface area contributed by atoms with E-state index in [1.165, 1.54) is 25.9 Å². The molecule has 6 aromatic heterocycles. The fourth-order valence-electron chi connectivity index (χ4n) is 13.1. The van der Waals surface area contributed by atoms with E-state index in [2.05, 4.69) is 137 Å². The number of piperidine rings is 1. The quantitative estimate of drug-likeness (QED) is 0.134. The maximum Gasteiger partial charge on any atom is 0.150 e. The Morgan fingerprint density at radius 3 is 1.51 bits per heavy atom. The second-order valence-electron chi connectivity index (χ2n) is 23.0. The molecule has 15 rings (SSSR count). The van der Waals surface area contributed by atoms with Crippen molar-refractivity contribution in [3.63, 3.8) is 0 Å². The molecular weight excluding hydrogens is 1020 g/mol. The van der Waals surface area contributed by atoms with Gasteiger partial charge in [0.25, 0.3) is 0 Å². The van der Waals surface area contributed by atoms with E-state index in [0.717, 1.165) is 147 Å². The van der Waals surface area contributed by atoms with Crippen LogP contribution in [0.1, 0.15) is 62.0 Å². The Labute approximate surface area is 476 Å². The van der Waals surface area contributed by atoms with E-state index in [4.69, 9.17) is 31.4 Å². The Hall–Kier alpha value is -8.63. The number of nitrogen functional groups attached to an aromatic ring is 2. The molecule has 0 bridgehead atoms. The van der Waals surface area contributed by atoms with E-state index in [1.807, 2.05) is 60.9 Å². The molecule has 8 heterocycles. The molecule has 0 radical (unpaired) electrons. The molecule has 2 saturated heterocycles. The third kappa shape index (κ3) is 9.86. The van der Waals surface area contributed by atoms with Crippen LogP contribution in [0.5, 0.6) is 0 Å². The molecule has 2 aliphatic carbocycles. The van der Waals surface area contributed by atoms with E-state index in [-0.39, 0.29) is 5.82 Å². The highest BCUT2D eigenvalue weighted by Crippen LogP contribution is 2.45. The van der Waals surface area contributed by atoms with Gasteiger partial charge in [-0.3, -0.25) is 13.7 Å². The van der Waals surface area contributed by atoms with Crippen molar-refractivity contribution in [3.05, 3.63) is 188 Å². The van der Waals surface area contributed by atoms with E-state index < -0.39 is 0 Å². The van der Waals surface area contributed by atoms with Gasteiger partial charge >= 0.3 is 0 Å². The number of pyridine rings is 2. The summed E-state index contributed by atoms with van der Waals surface area (Å²) in [5, 5.41) is 2.19. The zero-order valence-corrected chi connectivity index (χ0v) is 46.4. The van der Waals surface area contributed by atoms with E-state index >= 15 is 0 Å². The van der Waals surface area contributed by atoms with Gasteiger partial charge in [0.1, 0.15) is 51.5 Å². The SMILES string of the molecule is CN1CCC(N(C)C2CC(c3nc(-c4ccc5ccc(-c6ccccc6)nc5c4)c4c(N)nccn34)C2)CC1.Nc1nccn2c(C3CC(N4CCN(c5ccc(F)cc5)CC4)C3)nc(-c3ccc4ccc(-c5ccccc5)nc4c3)c12. The number of nitrogens with zero attached hydrogens (tertiary/aromatic N) is 12. The molecule has 0 amide bonds. The van der Waals surface area contributed by atoms with Crippen molar-refractivity contribution in [2.24, 2.45) is 0 Å². The number of likely N-dealkylation sites (tertiary alicyclic amines) is 1. The Balaban J connectivity index is 0.000000147. The average Bonchev–Trinajstić information content (AvgIpc) is 4.08. The summed E-state index contributed by atoms with van der Waals surface area (Å²) < 4.78 is 17.7. The van der Waals surface area contributed by atoms with Gasteiger partial charge in [0.05, 0.1) is 22.4 Å². The topological polar surface area (TPSA) is 151 Å². The fraction of sp³-hybridized carbons (Fsp3) is 0.284. The monoisotopic (exact) mass is 1090 g/mol. The van der Waals surface area contributed by atoms with Crippen molar-refractivity contribution in [2.75, 3.05) is 69.7 Å². The van der Waals surface area contributed by atoms with Crippen LogP contribution in [0.3, 0.4) is 0 Å². The maximum absolute atomic E-state index is 13.4. The summed E-state index contributed by atoms with van der Waals surface area (Å²) in [5.41, 5.74) is 25.5. The molecule has 2 saturated carbocycles. The molecule has 5 aromatic carbocycles. The first kappa shape index (κ1) is 51.5. The number of hydrogen-bond donors (Lipinski definition) is 2. The molecule has 0 atom stereocenters. The van der Waals surface area contributed by atoms with Crippen molar-refractivity contribution in [2.45, 2.75) is 68.5 Å².